The highest BCUT2D eigenvalue weighted by Crippen LogP contribution is 2.10. The highest BCUT2D eigenvalue weighted by atomic mass is 16.6. The lowest BCUT2D eigenvalue weighted by Crippen LogP contribution is -2.24. The zero-order valence-electron chi connectivity index (χ0n) is 9.47. The van der Waals surface area contributed by atoms with Gasteiger partial charge >= 0.3 is 0 Å². The Kier molecular flexibility index (Phi) is 5.76. The fraction of sp³-hybridized carbons (Fsp3) is 0.556. The SMILES string of the molecule is CC/C(=C\C(=N/OC)C(N)=O)C(C)[N+](=O)[O-]. The van der Waals surface area contributed by atoms with Crippen LogP contribution in [0.15, 0.2) is 16.8 Å². The van der Waals surface area contributed by atoms with E-state index in [9.17, 15) is 14.9 Å². The second-order valence-corrected chi connectivity index (χ2v) is 3.06. The van der Waals surface area contributed by atoms with Gasteiger partial charge in [-0.15, -0.1) is 0 Å². The minimum absolute atomic E-state index is 0.131. The molecule has 0 aliphatic heterocycles. The van der Waals surface area contributed by atoms with Gasteiger partial charge in [-0.1, -0.05) is 12.1 Å². The molecule has 0 radical (unpaired) electrons. The molecule has 0 saturated heterocycles. The summed E-state index contributed by atoms with van der Waals surface area (Å²) in [6.07, 6.45) is 1.72. The van der Waals surface area contributed by atoms with E-state index in [2.05, 4.69) is 9.99 Å². The molecule has 1 unspecified atom stereocenters. The number of hydrogen-bond donors (Lipinski definition) is 1. The third-order valence-electron chi connectivity index (χ3n) is 2.03. The Morgan fingerprint density at radius 1 is 1.69 bits per heavy atom. The number of carbonyl (C=O) groups excluding carboxylic acids is 1. The molecule has 0 aromatic heterocycles. The van der Waals surface area contributed by atoms with Crippen LogP contribution in [0.3, 0.4) is 0 Å². The van der Waals surface area contributed by atoms with Crippen LogP contribution in [0.1, 0.15) is 20.3 Å². The van der Waals surface area contributed by atoms with Gasteiger partial charge in [0, 0.05) is 17.4 Å². The smallest absolute Gasteiger partial charge is 0.270 e. The quantitative estimate of drug-likeness (QED) is 0.405. The van der Waals surface area contributed by atoms with Crippen molar-refractivity contribution in [1.29, 1.82) is 0 Å². The Morgan fingerprint density at radius 3 is 2.56 bits per heavy atom. The normalized spacial score (nSPS) is 14.4. The standard InChI is InChI=1S/C9H15N3O4/c1-4-7(6(2)12(14)15)5-8(9(10)13)11-16-3/h5-6H,4H2,1-3H3,(H2,10,13)/b7-5+,11-8+. The van der Waals surface area contributed by atoms with Gasteiger partial charge in [-0.2, -0.15) is 0 Å². The van der Waals surface area contributed by atoms with Gasteiger partial charge in [-0.05, 0) is 12.5 Å². The number of primary amides is 1. The van der Waals surface area contributed by atoms with Gasteiger partial charge < -0.3 is 10.6 Å². The molecular formula is C9H15N3O4. The zero-order chi connectivity index (χ0) is 12.7. The van der Waals surface area contributed by atoms with Gasteiger partial charge in [-0.3, -0.25) is 14.9 Å². The highest BCUT2D eigenvalue weighted by molar-refractivity contribution is 6.42. The van der Waals surface area contributed by atoms with Crippen molar-refractivity contribution in [3.63, 3.8) is 0 Å². The van der Waals surface area contributed by atoms with Crippen molar-refractivity contribution in [3.05, 3.63) is 21.8 Å². The van der Waals surface area contributed by atoms with E-state index in [0.29, 0.717) is 12.0 Å². The minimum Gasteiger partial charge on any atom is -0.398 e. The van der Waals surface area contributed by atoms with E-state index < -0.39 is 16.9 Å². The first-order valence-electron chi connectivity index (χ1n) is 4.68. The van der Waals surface area contributed by atoms with Crippen molar-refractivity contribution in [1.82, 2.24) is 0 Å². The van der Waals surface area contributed by atoms with E-state index in [4.69, 9.17) is 5.73 Å². The second-order valence-electron chi connectivity index (χ2n) is 3.06. The Hall–Kier alpha value is -1.92. The van der Waals surface area contributed by atoms with Crippen LogP contribution in [-0.2, 0) is 9.63 Å². The van der Waals surface area contributed by atoms with Gasteiger partial charge in [0.1, 0.15) is 7.11 Å². The van der Waals surface area contributed by atoms with Crippen LogP contribution in [0.25, 0.3) is 0 Å². The number of oxime groups is 1. The number of nitrogens with zero attached hydrogens (tertiary/aromatic N) is 2. The summed E-state index contributed by atoms with van der Waals surface area (Å²) in [7, 11) is 1.26. The number of rotatable bonds is 6. The van der Waals surface area contributed by atoms with Gasteiger partial charge in [0.25, 0.3) is 5.91 Å². The van der Waals surface area contributed by atoms with Crippen LogP contribution in [0.5, 0.6) is 0 Å². The zero-order valence-corrected chi connectivity index (χ0v) is 9.47. The molecule has 7 heteroatoms. The summed E-state index contributed by atoms with van der Waals surface area (Å²) in [5.74, 6) is -0.789. The maximum Gasteiger partial charge on any atom is 0.270 e. The van der Waals surface area contributed by atoms with Crippen molar-refractivity contribution in [2.24, 2.45) is 10.9 Å². The third kappa shape index (κ3) is 4.07. The highest BCUT2D eigenvalue weighted by Gasteiger charge is 2.19. The predicted octanol–water partition coefficient (Wildman–Crippen LogP) is 0.476. The molecule has 0 heterocycles. The number of amides is 1. The maximum absolute atomic E-state index is 10.9. The lowest BCUT2D eigenvalue weighted by molar-refractivity contribution is -0.507. The molecule has 16 heavy (non-hydrogen) atoms. The van der Waals surface area contributed by atoms with E-state index in [0.717, 1.165) is 0 Å². The van der Waals surface area contributed by atoms with Crippen LogP contribution < -0.4 is 5.73 Å². The number of nitro groups is 1. The number of nitrogens with two attached hydrogens (primary N) is 1. The molecule has 0 rings (SSSR count). The van der Waals surface area contributed by atoms with Crippen LogP contribution in [0, 0.1) is 10.1 Å². The maximum atomic E-state index is 10.9. The van der Waals surface area contributed by atoms with Crippen molar-refractivity contribution in [3.8, 4) is 0 Å². The molecule has 90 valence electrons. The molecule has 1 atom stereocenters. The monoisotopic (exact) mass is 229 g/mol. The molecule has 0 fully saturated rings. The van der Waals surface area contributed by atoms with Crippen molar-refractivity contribution in [2.45, 2.75) is 26.3 Å². The minimum atomic E-state index is -0.883. The molecule has 0 bridgehead atoms. The molecule has 0 aliphatic rings. The van der Waals surface area contributed by atoms with E-state index in [1.807, 2.05) is 0 Å². The number of carbonyl (C=O) groups is 1. The fourth-order valence-corrected chi connectivity index (χ4v) is 1.07. The summed E-state index contributed by atoms with van der Waals surface area (Å²) in [5, 5.41) is 14.0. The predicted molar refractivity (Wildman–Crippen MR) is 58.5 cm³/mol. The molecule has 0 aromatic rings. The van der Waals surface area contributed by atoms with Crippen molar-refractivity contribution in [2.75, 3.05) is 7.11 Å². The molecule has 0 spiro atoms. The summed E-state index contributed by atoms with van der Waals surface area (Å²) < 4.78 is 0. The summed E-state index contributed by atoms with van der Waals surface area (Å²) in [5.41, 5.74) is 5.36. The first-order chi connectivity index (χ1) is 7.43. The summed E-state index contributed by atoms with van der Waals surface area (Å²) in [6.45, 7) is 3.18. The van der Waals surface area contributed by atoms with E-state index in [1.54, 1.807) is 6.92 Å². The van der Waals surface area contributed by atoms with Gasteiger partial charge in [-0.25, -0.2) is 0 Å². The average Bonchev–Trinajstić information content (AvgIpc) is 2.22. The molecule has 2 N–H and O–H groups in total. The van der Waals surface area contributed by atoms with Crippen molar-refractivity contribution >= 4 is 11.6 Å². The number of hydrogen-bond acceptors (Lipinski definition) is 5. The topological polar surface area (TPSA) is 108 Å². The average molecular weight is 229 g/mol. The molecular weight excluding hydrogens is 214 g/mol. The molecule has 7 nitrogen and oxygen atoms in total. The van der Waals surface area contributed by atoms with Gasteiger partial charge in [0.2, 0.25) is 6.04 Å². The summed E-state index contributed by atoms with van der Waals surface area (Å²) in [4.78, 5) is 25.5. The van der Waals surface area contributed by atoms with Crippen LogP contribution >= 0.6 is 0 Å². The fourth-order valence-electron chi connectivity index (χ4n) is 1.07. The Labute approximate surface area is 93.1 Å². The largest absolute Gasteiger partial charge is 0.398 e. The molecule has 1 amide bonds. The van der Waals surface area contributed by atoms with E-state index >= 15 is 0 Å². The van der Waals surface area contributed by atoms with E-state index in [-0.39, 0.29) is 5.71 Å². The molecule has 0 saturated carbocycles. The van der Waals surface area contributed by atoms with Crippen LogP contribution in [0.4, 0.5) is 0 Å². The second kappa shape index (κ2) is 6.54. The van der Waals surface area contributed by atoms with Crippen molar-refractivity contribution < 1.29 is 14.6 Å². The van der Waals surface area contributed by atoms with Gasteiger partial charge in [0.05, 0.1) is 0 Å². The first-order valence-corrected chi connectivity index (χ1v) is 4.68. The summed E-state index contributed by atoms with van der Waals surface area (Å²) >= 11 is 0. The lowest BCUT2D eigenvalue weighted by Gasteiger charge is -2.06. The Morgan fingerprint density at radius 2 is 2.25 bits per heavy atom. The first kappa shape index (κ1) is 14.1. The molecule has 0 aliphatic carbocycles. The van der Waals surface area contributed by atoms with Crippen LogP contribution in [-0.4, -0.2) is 29.7 Å². The van der Waals surface area contributed by atoms with Crippen LogP contribution in [0.2, 0.25) is 0 Å². The summed E-state index contributed by atoms with van der Waals surface area (Å²) in [6, 6.07) is -0.883. The lowest BCUT2D eigenvalue weighted by atomic mass is 10.0. The molecule has 0 aromatic carbocycles. The third-order valence-corrected chi connectivity index (χ3v) is 2.03. The van der Waals surface area contributed by atoms with Gasteiger partial charge in [0.15, 0.2) is 5.71 Å². The van der Waals surface area contributed by atoms with E-state index in [1.165, 1.54) is 20.1 Å². The Bertz CT molecular complexity index is 336. The Balaban J connectivity index is 5.13.